The summed E-state index contributed by atoms with van der Waals surface area (Å²) in [6.07, 6.45) is 3.49. The number of fused-ring (bicyclic) bond motifs is 1. The van der Waals surface area contributed by atoms with E-state index < -0.39 is 0 Å². The highest BCUT2D eigenvalue weighted by molar-refractivity contribution is 6.35. The lowest BCUT2D eigenvalue weighted by Crippen LogP contribution is -3.12. The molecule has 24 heavy (non-hydrogen) atoms. The Morgan fingerprint density at radius 3 is 3.17 bits per heavy atom. The van der Waals surface area contributed by atoms with Crippen molar-refractivity contribution in [3.05, 3.63) is 35.0 Å². The fourth-order valence-electron chi connectivity index (χ4n) is 3.41. The van der Waals surface area contributed by atoms with E-state index in [4.69, 9.17) is 16.3 Å². The fraction of sp³-hybridized carbons (Fsp3) is 0.444. The van der Waals surface area contributed by atoms with Crippen molar-refractivity contribution in [2.45, 2.75) is 26.3 Å². The zero-order valence-electron chi connectivity index (χ0n) is 13.7. The van der Waals surface area contributed by atoms with Crippen molar-refractivity contribution < 1.29 is 19.5 Å². The zero-order chi connectivity index (χ0) is 17.1. The summed E-state index contributed by atoms with van der Waals surface area (Å²) < 4.78 is 5.15. The Kier molecular flexibility index (Phi) is 5.21. The van der Waals surface area contributed by atoms with E-state index >= 15 is 0 Å². The molecule has 1 aromatic heterocycles. The molecule has 2 heterocycles. The lowest BCUT2D eigenvalue weighted by molar-refractivity contribution is -0.921. The second-order valence-electron chi connectivity index (χ2n) is 6.24. The molecule has 2 aromatic rings. The molecule has 3 rings (SSSR count). The van der Waals surface area contributed by atoms with Gasteiger partial charge in [0, 0.05) is 11.6 Å². The molecule has 0 amide bonds. The van der Waals surface area contributed by atoms with Crippen LogP contribution in [0.15, 0.2) is 24.4 Å². The molecular formula is C18H22ClN2O3+. The van der Waals surface area contributed by atoms with Gasteiger partial charge in [-0.3, -0.25) is 9.78 Å². The standard InChI is InChI=1S/C18H21ClN2O3/c1-2-24-18(23)12-5-4-8-21(10-12)11-13-9-15(19)14-6-3-7-20-16(14)17(13)22/h3,6-7,9,12,22H,2,4-5,8,10-11H2,1H3/p+1. The quantitative estimate of drug-likeness (QED) is 0.828. The van der Waals surface area contributed by atoms with Crippen molar-refractivity contribution in [3.63, 3.8) is 0 Å². The number of benzene rings is 1. The summed E-state index contributed by atoms with van der Waals surface area (Å²) in [5.41, 5.74) is 1.30. The molecule has 0 aliphatic carbocycles. The number of nitrogens with one attached hydrogen (secondary N) is 1. The second kappa shape index (κ2) is 7.36. The number of esters is 1. The molecule has 1 aromatic carbocycles. The Morgan fingerprint density at radius 2 is 2.38 bits per heavy atom. The van der Waals surface area contributed by atoms with E-state index in [1.54, 1.807) is 12.3 Å². The Balaban J connectivity index is 1.79. The van der Waals surface area contributed by atoms with Gasteiger partial charge in [-0.15, -0.1) is 0 Å². The number of carbonyl (C=O) groups is 1. The van der Waals surface area contributed by atoms with Crippen molar-refractivity contribution >= 4 is 28.5 Å². The van der Waals surface area contributed by atoms with Gasteiger partial charge in [0.1, 0.15) is 18.0 Å². The van der Waals surface area contributed by atoms with Gasteiger partial charge in [-0.2, -0.15) is 0 Å². The van der Waals surface area contributed by atoms with Crippen LogP contribution in [0.1, 0.15) is 25.3 Å². The van der Waals surface area contributed by atoms with Crippen molar-refractivity contribution in [1.82, 2.24) is 4.98 Å². The van der Waals surface area contributed by atoms with Crippen LogP contribution in [0, 0.1) is 5.92 Å². The molecule has 1 aliphatic heterocycles. The summed E-state index contributed by atoms with van der Waals surface area (Å²) in [5, 5.41) is 11.9. The van der Waals surface area contributed by atoms with Crippen LogP contribution in [0.4, 0.5) is 0 Å². The van der Waals surface area contributed by atoms with Gasteiger partial charge in [-0.1, -0.05) is 11.6 Å². The number of piperidine rings is 1. The van der Waals surface area contributed by atoms with E-state index in [0.29, 0.717) is 23.7 Å². The zero-order valence-corrected chi connectivity index (χ0v) is 14.5. The number of quaternary nitrogens is 1. The number of nitrogens with zero attached hydrogens (tertiary/aromatic N) is 1. The largest absolute Gasteiger partial charge is 0.505 e. The molecule has 5 nitrogen and oxygen atoms in total. The fourth-order valence-corrected chi connectivity index (χ4v) is 3.70. The van der Waals surface area contributed by atoms with E-state index in [0.717, 1.165) is 36.9 Å². The number of carbonyl (C=O) groups excluding carboxylic acids is 1. The van der Waals surface area contributed by atoms with Crippen molar-refractivity contribution in [3.8, 4) is 5.75 Å². The maximum absolute atomic E-state index is 12.0. The van der Waals surface area contributed by atoms with Gasteiger partial charge >= 0.3 is 5.97 Å². The van der Waals surface area contributed by atoms with Crippen LogP contribution in [0.3, 0.4) is 0 Å². The number of phenolic OH excluding ortho intramolecular Hbond substituents is 1. The van der Waals surface area contributed by atoms with Gasteiger partial charge in [0.15, 0.2) is 5.75 Å². The summed E-state index contributed by atoms with van der Waals surface area (Å²) in [7, 11) is 0. The number of halogens is 1. The number of ether oxygens (including phenoxy) is 1. The van der Waals surface area contributed by atoms with E-state index in [1.165, 1.54) is 4.90 Å². The van der Waals surface area contributed by atoms with E-state index in [9.17, 15) is 9.90 Å². The minimum Gasteiger partial charge on any atom is -0.505 e. The van der Waals surface area contributed by atoms with Crippen LogP contribution in [0.5, 0.6) is 5.75 Å². The highest BCUT2D eigenvalue weighted by Crippen LogP contribution is 2.32. The number of pyridine rings is 1. The predicted molar refractivity (Wildman–Crippen MR) is 92.2 cm³/mol. The summed E-state index contributed by atoms with van der Waals surface area (Å²) >= 11 is 6.34. The minimum atomic E-state index is -0.114. The average molecular weight is 350 g/mol. The number of phenols is 1. The van der Waals surface area contributed by atoms with Crippen LogP contribution in [0.25, 0.3) is 10.9 Å². The normalized spacial score (nSPS) is 20.9. The third-order valence-corrected chi connectivity index (χ3v) is 4.89. The molecule has 0 radical (unpaired) electrons. The number of likely N-dealkylation sites (tertiary alicyclic amines) is 1. The Hall–Kier alpha value is -1.85. The molecule has 2 atom stereocenters. The number of aromatic hydroxyl groups is 1. The first-order valence-electron chi connectivity index (χ1n) is 8.35. The third kappa shape index (κ3) is 3.47. The molecule has 0 bridgehead atoms. The van der Waals surface area contributed by atoms with E-state index in [2.05, 4.69) is 4.98 Å². The van der Waals surface area contributed by atoms with Gasteiger partial charge in [0.05, 0.1) is 30.3 Å². The Bertz CT molecular complexity index is 750. The highest BCUT2D eigenvalue weighted by Gasteiger charge is 2.30. The molecule has 2 N–H and O–H groups in total. The molecule has 1 fully saturated rings. The first kappa shape index (κ1) is 17.0. The van der Waals surface area contributed by atoms with Gasteiger partial charge in [-0.25, -0.2) is 0 Å². The van der Waals surface area contributed by atoms with Crippen LogP contribution in [-0.2, 0) is 16.1 Å². The summed E-state index contributed by atoms with van der Waals surface area (Å²) in [6, 6.07) is 5.45. The maximum atomic E-state index is 12.0. The molecule has 0 saturated carbocycles. The van der Waals surface area contributed by atoms with Crippen molar-refractivity contribution in [2.75, 3.05) is 19.7 Å². The SMILES string of the molecule is CCOC(=O)C1CCC[NH+](Cc2cc(Cl)c3cccnc3c2O)C1. The topological polar surface area (TPSA) is 63.9 Å². The highest BCUT2D eigenvalue weighted by atomic mass is 35.5. The van der Waals surface area contributed by atoms with Crippen LogP contribution in [-0.4, -0.2) is 35.8 Å². The molecule has 6 heteroatoms. The lowest BCUT2D eigenvalue weighted by atomic mass is 9.97. The van der Waals surface area contributed by atoms with Crippen LogP contribution < -0.4 is 4.90 Å². The first-order valence-corrected chi connectivity index (χ1v) is 8.73. The maximum Gasteiger partial charge on any atom is 0.314 e. The first-order chi connectivity index (χ1) is 11.6. The van der Waals surface area contributed by atoms with Crippen molar-refractivity contribution in [2.24, 2.45) is 5.92 Å². The van der Waals surface area contributed by atoms with Gasteiger partial charge in [0.2, 0.25) is 0 Å². The summed E-state index contributed by atoms with van der Waals surface area (Å²) in [6.45, 7) is 4.54. The average Bonchev–Trinajstić information content (AvgIpc) is 2.60. The van der Waals surface area contributed by atoms with Gasteiger partial charge < -0.3 is 14.7 Å². The minimum absolute atomic E-state index is 0.0649. The predicted octanol–water partition coefficient (Wildman–Crippen LogP) is 1.95. The Morgan fingerprint density at radius 1 is 1.54 bits per heavy atom. The van der Waals surface area contributed by atoms with Gasteiger partial charge in [-0.05, 0) is 38.0 Å². The molecule has 0 spiro atoms. The van der Waals surface area contributed by atoms with E-state index in [1.807, 2.05) is 19.1 Å². The molecule has 1 aliphatic rings. The molecular weight excluding hydrogens is 328 g/mol. The Labute approximate surface area is 146 Å². The molecule has 2 unspecified atom stereocenters. The molecule has 1 saturated heterocycles. The summed E-state index contributed by atoms with van der Waals surface area (Å²) in [4.78, 5) is 17.5. The van der Waals surface area contributed by atoms with Crippen LogP contribution in [0.2, 0.25) is 5.02 Å². The van der Waals surface area contributed by atoms with Crippen LogP contribution >= 0.6 is 11.6 Å². The second-order valence-corrected chi connectivity index (χ2v) is 6.64. The number of rotatable bonds is 4. The monoisotopic (exact) mass is 349 g/mol. The van der Waals surface area contributed by atoms with Gasteiger partial charge in [0.25, 0.3) is 0 Å². The number of hydrogen-bond donors (Lipinski definition) is 2. The van der Waals surface area contributed by atoms with E-state index in [-0.39, 0.29) is 17.6 Å². The lowest BCUT2D eigenvalue weighted by Gasteiger charge is -2.29. The molecule has 128 valence electrons. The van der Waals surface area contributed by atoms with Crippen molar-refractivity contribution in [1.29, 1.82) is 0 Å². The smallest absolute Gasteiger partial charge is 0.314 e. The number of aromatic nitrogens is 1. The third-order valence-electron chi connectivity index (χ3n) is 4.57. The summed E-state index contributed by atoms with van der Waals surface area (Å²) in [5.74, 6) is 0.00258. The number of hydrogen-bond acceptors (Lipinski definition) is 4.